The Morgan fingerprint density at radius 3 is 2.26 bits per heavy atom. The molecule has 3 aromatic rings. The Balaban J connectivity index is 1.24. The van der Waals surface area contributed by atoms with E-state index in [2.05, 4.69) is 20.5 Å². The van der Waals surface area contributed by atoms with Crippen LogP contribution in [0, 0.1) is 0 Å². The first-order valence-electron chi connectivity index (χ1n) is 15.6. The molecule has 0 radical (unpaired) electrons. The fourth-order valence-corrected chi connectivity index (χ4v) is 7.87. The van der Waals surface area contributed by atoms with Crippen molar-refractivity contribution in [3.8, 4) is 0 Å². The number of likely N-dealkylation sites (N-methyl/N-ethyl adjacent to an activating group) is 1. The van der Waals surface area contributed by atoms with Crippen LogP contribution in [0.1, 0.15) is 90.7 Å². The second-order valence-electron chi connectivity index (χ2n) is 12.5. The molecule has 7 nitrogen and oxygen atoms in total. The lowest BCUT2D eigenvalue weighted by molar-refractivity contribution is 0.0946. The molecule has 2 aliphatic rings. The molecule has 42 heavy (non-hydrogen) atoms. The highest BCUT2D eigenvalue weighted by Gasteiger charge is 2.38. The molecule has 1 aliphatic heterocycles. The summed E-state index contributed by atoms with van der Waals surface area (Å²) in [4.78, 5) is 19.4. The molecule has 1 saturated carbocycles. The van der Waals surface area contributed by atoms with Gasteiger partial charge in [-0.15, -0.1) is 0 Å². The van der Waals surface area contributed by atoms with Crippen LogP contribution in [0.25, 0.3) is 0 Å². The van der Waals surface area contributed by atoms with Crippen LogP contribution < -0.4 is 10.6 Å². The van der Waals surface area contributed by atoms with Crippen LogP contribution in [0.15, 0.2) is 64.4 Å². The average molecular weight is 591 g/mol. The first-order valence-corrected chi connectivity index (χ1v) is 17.0. The molecular weight excluding hydrogens is 544 g/mol. The highest BCUT2D eigenvalue weighted by molar-refractivity contribution is 7.91. The summed E-state index contributed by atoms with van der Waals surface area (Å²) in [7, 11) is 0.380. The second-order valence-corrected chi connectivity index (χ2v) is 14.4. The van der Waals surface area contributed by atoms with E-state index in [0.717, 1.165) is 50.0 Å². The number of sulfone groups is 1. The Labute approximate surface area is 251 Å². The van der Waals surface area contributed by atoms with Crippen molar-refractivity contribution in [1.82, 2.24) is 20.5 Å². The van der Waals surface area contributed by atoms with Crippen molar-refractivity contribution in [2.45, 2.75) is 92.5 Å². The van der Waals surface area contributed by atoms with Gasteiger partial charge >= 0.3 is 0 Å². The van der Waals surface area contributed by atoms with Gasteiger partial charge in [-0.1, -0.05) is 69.2 Å². The van der Waals surface area contributed by atoms with Crippen LogP contribution >= 0.6 is 0 Å². The molecule has 1 aromatic heterocycles. The van der Waals surface area contributed by atoms with Crippen LogP contribution in [-0.2, 0) is 34.8 Å². The van der Waals surface area contributed by atoms with Gasteiger partial charge in [-0.05, 0) is 80.4 Å². The topological polar surface area (TPSA) is 94.3 Å². The van der Waals surface area contributed by atoms with Crippen molar-refractivity contribution in [3.63, 3.8) is 0 Å². The Bertz CT molecular complexity index is 1450. The monoisotopic (exact) mass is 590 g/mol. The van der Waals surface area contributed by atoms with Crippen molar-refractivity contribution in [2.75, 3.05) is 27.2 Å². The van der Waals surface area contributed by atoms with Gasteiger partial charge in [0, 0.05) is 37.3 Å². The molecule has 1 spiro atoms. The number of H-pyrrole nitrogens is 1. The van der Waals surface area contributed by atoms with E-state index in [1.165, 1.54) is 56.2 Å². The summed E-state index contributed by atoms with van der Waals surface area (Å²) in [5.74, 6) is -0.134. The van der Waals surface area contributed by atoms with Gasteiger partial charge in [0.25, 0.3) is 5.91 Å². The molecule has 2 aromatic carbocycles. The van der Waals surface area contributed by atoms with E-state index in [9.17, 15) is 13.2 Å². The van der Waals surface area contributed by atoms with Gasteiger partial charge in [0.1, 0.15) is 5.69 Å². The number of rotatable bonds is 8. The van der Waals surface area contributed by atoms with E-state index in [4.69, 9.17) is 0 Å². The number of carbonyl (C=O) groups excluding carboxylic acids is 1. The SMILES string of the molecule is CN(C)CCc1cccc(S(=O)(=O)c2ccc(CNC(=O)c3cc4c([nH]3)C3(CCCCCCCCC3)CNC4)cc2)c1. The number of benzene rings is 2. The van der Waals surface area contributed by atoms with E-state index in [1.54, 1.807) is 42.5 Å². The number of aromatic amines is 1. The Morgan fingerprint density at radius 1 is 0.881 bits per heavy atom. The van der Waals surface area contributed by atoms with Crippen LogP contribution in [0.5, 0.6) is 0 Å². The van der Waals surface area contributed by atoms with Gasteiger partial charge < -0.3 is 20.5 Å². The van der Waals surface area contributed by atoms with Gasteiger partial charge in [-0.3, -0.25) is 4.79 Å². The highest BCUT2D eigenvalue weighted by Crippen LogP contribution is 2.40. The fourth-order valence-electron chi connectivity index (χ4n) is 6.54. The van der Waals surface area contributed by atoms with Crippen LogP contribution in [0.2, 0.25) is 0 Å². The van der Waals surface area contributed by atoms with Gasteiger partial charge in [-0.25, -0.2) is 8.42 Å². The molecule has 5 rings (SSSR count). The quantitative estimate of drug-likeness (QED) is 0.311. The Morgan fingerprint density at radius 2 is 1.57 bits per heavy atom. The number of carbonyl (C=O) groups is 1. The zero-order chi connectivity index (χ0) is 29.6. The maximum Gasteiger partial charge on any atom is 0.267 e. The molecule has 3 N–H and O–H groups in total. The molecule has 0 bridgehead atoms. The van der Waals surface area contributed by atoms with E-state index in [0.29, 0.717) is 17.1 Å². The van der Waals surface area contributed by atoms with Crippen molar-refractivity contribution in [2.24, 2.45) is 0 Å². The third-order valence-corrected chi connectivity index (χ3v) is 10.8. The van der Waals surface area contributed by atoms with E-state index >= 15 is 0 Å². The number of fused-ring (bicyclic) bond motifs is 2. The van der Waals surface area contributed by atoms with Crippen LogP contribution in [0.3, 0.4) is 0 Å². The average Bonchev–Trinajstić information content (AvgIpc) is 3.45. The molecule has 0 unspecified atom stereocenters. The minimum Gasteiger partial charge on any atom is -0.354 e. The van der Waals surface area contributed by atoms with Gasteiger partial charge in [0.15, 0.2) is 0 Å². The number of hydrogen-bond acceptors (Lipinski definition) is 5. The van der Waals surface area contributed by atoms with E-state index in [1.807, 2.05) is 26.2 Å². The summed E-state index contributed by atoms with van der Waals surface area (Å²) in [6.07, 6.45) is 12.1. The third kappa shape index (κ3) is 7.16. The second kappa shape index (κ2) is 13.6. The smallest absolute Gasteiger partial charge is 0.267 e. The van der Waals surface area contributed by atoms with Crippen molar-refractivity contribution < 1.29 is 13.2 Å². The lowest BCUT2D eigenvalue weighted by atomic mass is 9.72. The van der Waals surface area contributed by atoms with Gasteiger partial charge in [0.2, 0.25) is 9.84 Å². The van der Waals surface area contributed by atoms with Crippen molar-refractivity contribution >= 4 is 15.7 Å². The summed E-state index contributed by atoms with van der Waals surface area (Å²) in [5, 5.41) is 6.67. The minimum absolute atomic E-state index is 0.0800. The zero-order valence-electron chi connectivity index (χ0n) is 25.2. The summed E-state index contributed by atoms with van der Waals surface area (Å²) in [6.45, 7) is 2.94. The van der Waals surface area contributed by atoms with Gasteiger partial charge in [-0.2, -0.15) is 0 Å². The standard InChI is InChI=1S/C34H46N4O3S/c1-38(2)20-17-26-11-10-12-30(21-26)42(40,41)29-15-13-27(14-16-29)23-36-33(39)31-22-28-24-35-25-34(32(28)37-31)18-8-6-4-3-5-7-9-19-34/h10-16,21-22,35,37H,3-9,17-20,23-25H2,1-2H3,(H,36,39). The molecule has 2 heterocycles. The summed E-state index contributed by atoms with van der Waals surface area (Å²) in [5.41, 5.74) is 5.00. The molecule has 226 valence electrons. The molecule has 1 aliphatic carbocycles. The molecule has 0 atom stereocenters. The van der Waals surface area contributed by atoms with E-state index < -0.39 is 9.84 Å². The number of amides is 1. The Hall–Kier alpha value is -2.94. The summed E-state index contributed by atoms with van der Waals surface area (Å²) >= 11 is 0. The van der Waals surface area contributed by atoms with Crippen molar-refractivity contribution in [1.29, 1.82) is 0 Å². The fraction of sp³-hybridized carbons (Fsp3) is 0.500. The minimum atomic E-state index is -3.63. The molecule has 1 fully saturated rings. The molecule has 0 saturated heterocycles. The maximum atomic E-state index is 13.3. The number of nitrogens with one attached hydrogen (secondary N) is 3. The molecule has 1 amide bonds. The van der Waals surface area contributed by atoms with Crippen LogP contribution in [0.4, 0.5) is 0 Å². The number of nitrogens with zero attached hydrogens (tertiary/aromatic N) is 1. The predicted octanol–water partition coefficient (Wildman–Crippen LogP) is 5.75. The number of aromatic nitrogens is 1. The van der Waals surface area contributed by atoms with Crippen LogP contribution in [-0.4, -0.2) is 51.4 Å². The van der Waals surface area contributed by atoms with E-state index in [-0.39, 0.29) is 16.2 Å². The predicted molar refractivity (Wildman–Crippen MR) is 167 cm³/mol. The first kappa shape index (κ1) is 30.5. The van der Waals surface area contributed by atoms with Gasteiger partial charge in [0.05, 0.1) is 9.79 Å². The number of hydrogen-bond donors (Lipinski definition) is 3. The summed E-state index contributed by atoms with van der Waals surface area (Å²) in [6, 6.07) is 16.0. The normalized spacial score (nSPS) is 17.6. The first-order chi connectivity index (χ1) is 20.3. The van der Waals surface area contributed by atoms with Crippen molar-refractivity contribution in [3.05, 3.63) is 82.7 Å². The Kier molecular flexibility index (Phi) is 9.86. The zero-order valence-corrected chi connectivity index (χ0v) is 26.0. The lowest BCUT2D eigenvalue weighted by Gasteiger charge is -2.38. The summed E-state index contributed by atoms with van der Waals surface area (Å²) < 4.78 is 26.6. The maximum absolute atomic E-state index is 13.3. The third-order valence-electron chi connectivity index (χ3n) is 9.01. The molecule has 8 heteroatoms. The molecular formula is C34H46N4O3S. The largest absolute Gasteiger partial charge is 0.354 e. The highest BCUT2D eigenvalue weighted by atomic mass is 32.2. The lowest BCUT2D eigenvalue weighted by Crippen LogP contribution is -2.43.